The summed E-state index contributed by atoms with van der Waals surface area (Å²) in [6.07, 6.45) is 9.21. The maximum absolute atomic E-state index is 4.84. The van der Waals surface area contributed by atoms with Crippen LogP contribution in [0.1, 0.15) is 30.5 Å². The van der Waals surface area contributed by atoms with Crippen LogP contribution in [-0.4, -0.2) is 34.1 Å². The van der Waals surface area contributed by atoms with Gasteiger partial charge in [0, 0.05) is 25.5 Å². The first kappa shape index (κ1) is 16.5. The molecule has 0 aliphatic carbocycles. The van der Waals surface area contributed by atoms with Gasteiger partial charge in [-0.2, -0.15) is 5.10 Å². The fourth-order valence-electron chi connectivity index (χ4n) is 3.41. The maximum atomic E-state index is 4.84. The van der Waals surface area contributed by atoms with Crippen molar-refractivity contribution in [3.05, 3.63) is 66.1 Å². The second-order valence-corrected chi connectivity index (χ2v) is 6.59. The third-order valence-electron chi connectivity index (χ3n) is 4.73. The number of para-hydroxylation sites is 1. The summed E-state index contributed by atoms with van der Waals surface area (Å²) in [5, 5.41) is 4.84. The number of aromatic nitrogens is 3. The second kappa shape index (κ2) is 7.52. The summed E-state index contributed by atoms with van der Waals surface area (Å²) in [7, 11) is 0. The molecule has 26 heavy (non-hydrogen) atoms. The first-order valence-corrected chi connectivity index (χ1v) is 9.17. The SMILES string of the molecule is Cc1nn(-c2ccccc2)c(N2CCCCC2)c1C=Nc1cccnc1. The highest BCUT2D eigenvalue weighted by atomic mass is 15.4. The zero-order valence-corrected chi connectivity index (χ0v) is 15.0. The first-order chi connectivity index (χ1) is 12.8. The Hall–Kier alpha value is -2.95. The molecule has 0 saturated carbocycles. The molecule has 1 aliphatic rings. The van der Waals surface area contributed by atoms with Crippen molar-refractivity contribution < 1.29 is 0 Å². The molecule has 5 nitrogen and oxygen atoms in total. The number of benzene rings is 1. The third kappa shape index (κ3) is 3.38. The van der Waals surface area contributed by atoms with Crippen LogP contribution >= 0.6 is 0 Å². The molecule has 0 bridgehead atoms. The van der Waals surface area contributed by atoms with Crippen molar-refractivity contribution >= 4 is 17.7 Å². The molecule has 3 heterocycles. The minimum atomic E-state index is 0.851. The molecule has 0 N–H and O–H groups in total. The number of hydrogen-bond acceptors (Lipinski definition) is 4. The zero-order chi connectivity index (χ0) is 17.8. The fraction of sp³-hybridized carbons (Fsp3) is 0.286. The van der Waals surface area contributed by atoms with E-state index in [2.05, 4.69) is 50.7 Å². The Bertz CT molecular complexity index is 878. The molecule has 2 aromatic heterocycles. The number of piperidine rings is 1. The summed E-state index contributed by atoms with van der Waals surface area (Å²) in [4.78, 5) is 11.2. The summed E-state index contributed by atoms with van der Waals surface area (Å²) in [5.74, 6) is 1.14. The average Bonchev–Trinajstić information content (AvgIpc) is 3.05. The van der Waals surface area contributed by atoms with Crippen LogP contribution in [0.5, 0.6) is 0 Å². The van der Waals surface area contributed by atoms with E-state index in [4.69, 9.17) is 5.10 Å². The first-order valence-electron chi connectivity index (χ1n) is 9.17. The molecular formula is C21H23N5. The standard InChI is InChI=1S/C21H23N5/c1-17-20(16-23-18-9-8-12-22-15-18)21(25-13-6-3-7-14-25)26(24-17)19-10-4-2-5-11-19/h2,4-5,8-12,15-16H,3,6-7,13-14H2,1H3. The Morgan fingerprint density at radius 3 is 2.54 bits per heavy atom. The van der Waals surface area contributed by atoms with Gasteiger partial charge in [0.2, 0.25) is 0 Å². The number of anilines is 1. The lowest BCUT2D eigenvalue weighted by Gasteiger charge is -2.29. The predicted molar refractivity (Wildman–Crippen MR) is 106 cm³/mol. The van der Waals surface area contributed by atoms with Crippen LogP contribution in [0.2, 0.25) is 0 Å². The smallest absolute Gasteiger partial charge is 0.141 e. The van der Waals surface area contributed by atoms with Gasteiger partial charge in [0.05, 0.1) is 28.8 Å². The molecule has 132 valence electrons. The summed E-state index contributed by atoms with van der Waals surface area (Å²) >= 11 is 0. The largest absolute Gasteiger partial charge is 0.356 e. The number of aryl methyl sites for hydroxylation is 1. The minimum absolute atomic E-state index is 0.851. The van der Waals surface area contributed by atoms with Gasteiger partial charge in [-0.3, -0.25) is 9.98 Å². The molecule has 1 aromatic carbocycles. The van der Waals surface area contributed by atoms with E-state index in [0.717, 1.165) is 41.5 Å². The van der Waals surface area contributed by atoms with Gasteiger partial charge in [0.1, 0.15) is 5.82 Å². The number of pyridine rings is 1. The van der Waals surface area contributed by atoms with E-state index in [9.17, 15) is 0 Å². The van der Waals surface area contributed by atoms with Gasteiger partial charge in [-0.25, -0.2) is 4.68 Å². The number of nitrogens with zero attached hydrogens (tertiary/aromatic N) is 5. The molecule has 0 atom stereocenters. The van der Waals surface area contributed by atoms with E-state index in [1.54, 1.807) is 12.4 Å². The second-order valence-electron chi connectivity index (χ2n) is 6.59. The van der Waals surface area contributed by atoms with E-state index in [-0.39, 0.29) is 0 Å². The van der Waals surface area contributed by atoms with Crippen LogP contribution in [0.3, 0.4) is 0 Å². The van der Waals surface area contributed by atoms with Crippen LogP contribution in [0.4, 0.5) is 11.5 Å². The Labute approximate surface area is 154 Å². The van der Waals surface area contributed by atoms with Gasteiger partial charge in [0.25, 0.3) is 0 Å². The quantitative estimate of drug-likeness (QED) is 0.662. The third-order valence-corrected chi connectivity index (χ3v) is 4.73. The summed E-state index contributed by atoms with van der Waals surface area (Å²) in [6.45, 7) is 4.18. The summed E-state index contributed by atoms with van der Waals surface area (Å²) in [5.41, 5.74) is 4.00. The van der Waals surface area contributed by atoms with Crippen LogP contribution in [0.15, 0.2) is 59.9 Å². The molecule has 4 rings (SSSR count). The number of aliphatic imine (C=N–C) groups is 1. The van der Waals surface area contributed by atoms with Crippen LogP contribution in [-0.2, 0) is 0 Å². The van der Waals surface area contributed by atoms with Crippen molar-refractivity contribution in [2.24, 2.45) is 4.99 Å². The van der Waals surface area contributed by atoms with E-state index < -0.39 is 0 Å². The maximum Gasteiger partial charge on any atom is 0.141 e. The molecule has 1 fully saturated rings. The molecule has 3 aromatic rings. The van der Waals surface area contributed by atoms with E-state index in [1.807, 2.05) is 24.4 Å². The lowest BCUT2D eigenvalue weighted by Crippen LogP contribution is -2.32. The van der Waals surface area contributed by atoms with Crippen LogP contribution in [0, 0.1) is 6.92 Å². The molecule has 0 spiro atoms. The monoisotopic (exact) mass is 345 g/mol. The highest BCUT2D eigenvalue weighted by Crippen LogP contribution is 2.29. The molecule has 0 unspecified atom stereocenters. The van der Waals surface area contributed by atoms with Gasteiger partial charge in [-0.05, 0) is 50.5 Å². The Morgan fingerprint density at radius 1 is 1.00 bits per heavy atom. The van der Waals surface area contributed by atoms with Gasteiger partial charge >= 0.3 is 0 Å². The molecule has 1 saturated heterocycles. The van der Waals surface area contributed by atoms with Gasteiger partial charge in [-0.1, -0.05) is 18.2 Å². The van der Waals surface area contributed by atoms with Gasteiger partial charge < -0.3 is 4.90 Å². The lowest BCUT2D eigenvalue weighted by molar-refractivity contribution is 0.567. The van der Waals surface area contributed by atoms with E-state index in [0.29, 0.717) is 0 Å². The highest BCUT2D eigenvalue weighted by Gasteiger charge is 2.22. The number of rotatable bonds is 4. The van der Waals surface area contributed by atoms with Crippen molar-refractivity contribution in [1.29, 1.82) is 0 Å². The molecule has 5 heteroatoms. The predicted octanol–water partition coefficient (Wildman–Crippen LogP) is 4.32. The molecule has 0 amide bonds. The van der Waals surface area contributed by atoms with E-state index in [1.165, 1.54) is 19.3 Å². The van der Waals surface area contributed by atoms with Crippen molar-refractivity contribution in [2.75, 3.05) is 18.0 Å². The Kier molecular flexibility index (Phi) is 4.78. The minimum Gasteiger partial charge on any atom is -0.356 e. The van der Waals surface area contributed by atoms with Crippen molar-refractivity contribution in [3.8, 4) is 5.69 Å². The molecule has 0 radical (unpaired) electrons. The lowest BCUT2D eigenvalue weighted by atomic mass is 10.1. The van der Waals surface area contributed by atoms with Crippen LogP contribution in [0.25, 0.3) is 5.69 Å². The van der Waals surface area contributed by atoms with Crippen molar-refractivity contribution in [2.45, 2.75) is 26.2 Å². The summed E-state index contributed by atoms with van der Waals surface area (Å²) in [6, 6.07) is 14.2. The van der Waals surface area contributed by atoms with Crippen LogP contribution < -0.4 is 4.90 Å². The number of hydrogen-bond donors (Lipinski definition) is 0. The molecular weight excluding hydrogens is 322 g/mol. The van der Waals surface area contributed by atoms with Gasteiger partial charge in [-0.15, -0.1) is 0 Å². The summed E-state index contributed by atoms with van der Waals surface area (Å²) < 4.78 is 2.06. The average molecular weight is 345 g/mol. The zero-order valence-electron chi connectivity index (χ0n) is 15.0. The normalized spacial score (nSPS) is 14.9. The fourth-order valence-corrected chi connectivity index (χ4v) is 3.41. The Morgan fingerprint density at radius 2 is 1.81 bits per heavy atom. The topological polar surface area (TPSA) is 46.3 Å². The van der Waals surface area contributed by atoms with E-state index >= 15 is 0 Å². The molecule has 1 aliphatic heterocycles. The van der Waals surface area contributed by atoms with Crippen molar-refractivity contribution in [1.82, 2.24) is 14.8 Å². The Balaban J connectivity index is 1.79. The van der Waals surface area contributed by atoms with Gasteiger partial charge in [0.15, 0.2) is 0 Å². The highest BCUT2D eigenvalue weighted by molar-refractivity contribution is 5.90. The van der Waals surface area contributed by atoms with Crippen molar-refractivity contribution in [3.63, 3.8) is 0 Å².